The Morgan fingerprint density at radius 2 is 1.42 bits per heavy atom. The zero-order chi connectivity index (χ0) is 14.7. The molecule has 4 nitrogen and oxygen atoms in total. The Kier molecular flexibility index (Phi) is 9.66. The number of carbonyl (C=O) groups is 2. The van der Waals surface area contributed by atoms with Crippen LogP contribution < -0.4 is 0 Å². The van der Waals surface area contributed by atoms with Gasteiger partial charge in [0, 0.05) is 5.88 Å². The molecule has 0 aliphatic carbocycles. The summed E-state index contributed by atoms with van der Waals surface area (Å²) in [6.45, 7) is 5.99. The average Bonchev–Trinajstić information content (AvgIpc) is 2.40. The van der Waals surface area contributed by atoms with E-state index in [-0.39, 0.29) is 13.2 Å². The van der Waals surface area contributed by atoms with Crippen molar-refractivity contribution in [3.8, 4) is 0 Å². The fourth-order valence-electron chi connectivity index (χ4n) is 2.00. The van der Waals surface area contributed by atoms with E-state index in [0.717, 1.165) is 12.8 Å². The van der Waals surface area contributed by atoms with Gasteiger partial charge in [0.1, 0.15) is 0 Å². The second-order valence-corrected chi connectivity index (χ2v) is 4.80. The zero-order valence-corrected chi connectivity index (χ0v) is 12.9. The molecule has 0 heterocycles. The van der Waals surface area contributed by atoms with E-state index in [9.17, 15) is 9.59 Å². The van der Waals surface area contributed by atoms with E-state index in [0.29, 0.717) is 25.1 Å². The smallest absolute Gasteiger partial charge is 0.323 e. The van der Waals surface area contributed by atoms with Crippen LogP contribution in [0.5, 0.6) is 0 Å². The number of hydrogen-bond acceptors (Lipinski definition) is 4. The van der Waals surface area contributed by atoms with Gasteiger partial charge in [-0.2, -0.15) is 0 Å². The molecule has 0 N–H and O–H groups in total. The minimum absolute atomic E-state index is 0.257. The summed E-state index contributed by atoms with van der Waals surface area (Å²) in [7, 11) is 0. The van der Waals surface area contributed by atoms with Crippen molar-refractivity contribution in [2.24, 2.45) is 5.41 Å². The van der Waals surface area contributed by atoms with Gasteiger partial charge in [-0.1, -0.05) is 19.8 Å². The first-order valence-electron chi connectivity index (χ1n) is 6.99. The van der Waals surface area contributed by atoms with Crippen LogP contribution in [-0.4, -0.2) is 31.0 Å². The molecule has 0 aliphatic heterocycles. The summed E-state index contributed by atoms with van der Waals surface area (Å²) in [5, 5.41) is 0. The van der Waals surface area contributed by atoms with Crippen molar-refractivity contribution in [1.82, 2.24) is 0 Å². The normalized spacial score (nSPS) is 11.2. The second-order valence-electron chi connectivity index (χ2n) is 4.42. The lowest BCUT2D eigenvalue weighted by Crippen LogP contribution is -2.42. The number of alkyl halides is 1. The first-order chi connectivity index (χ1) is 9.08. The van der Waals surface area contributed by atoms with E-state index in [1.54, 1.807) is 13.8 Å². The van der Waals surface area contributed by atoms with Crippen molar-refractivity contribution in [2.45, 2.75) is 52.9 Å². The molecule has 0 amide bonds. The van der Waals surface area contributed by atoms with Crippen LogP contribution in [0.15, 0.2) is 0 Å². The van der Waals surface area contributed by atoms with Crippen LogP contribution in [0.3, 0.4) is 0 Å². The topological polar surface area (TPSA) is 52.6 Å². The van der Waals surface area contributed by atoms with Gasteiger partial charge in [0.05, 0.1) is 13.2 Å². The summed E-state index contributed by atoms with van der Waals surface area (Å²) >= 11 is 5.70. The van der Waals surface area contributed by atoms with Crippen LogP contribution in [-0.2, 0) is 19.1 Å². The highest BCUT2D eigenvalue weighted by molar-refractivity contribution is 6.17. The third-order valence-electron chi connectivity index (χ3n) is 3.03. The molecule has 0 aromatic carbocycles. The van der Waals surface area contributed by atoms with Crippen LogP contribution >= 0.6 is 11.6 Å². The Hall–Kier alpha value is -0.770. The largest absolute Gasteiger partial charge is 0.465 e. The quantitative estimate of drug-likeness (QED) is 0.352. The van der Waals surface area contributed by atoms with Gasteiger partial charge in [0.2, 0.25) is 0 Å². The summed E-state index contributed by atoms with van der Waals surface area (Å²) in [6.07, 6.45) is 3.11. The Bertz CT molecular complexity index is 251. The van der Waals surface area contributed by atoms with E-state index in [1.165, 1.54) is 0 Å². The number of esters is 2. The van der Waals surface area contributed by atoms with Crippen LogP contribution in [0, 0.1) is 5.41 Å². The summed E-state index contributed by atoms with van der Waals surface area (Å²) in [6, 6.07) is 0. The molecule has 0 saturated heterocycles. The molecule has 0 bridgehead atoms. The second kappa shape index (κ2) is 10.1. The molecule has 5 heteroatoms. The molecule has 0 atom stereocenters. The van der Waals surface area contributed by atoms with Crippen molar-refractivity contribution in [3.05, 3.63) is 0 Å². The average molecular weight is 293 g/mol. The van der Waals surface area contributed by atoms with Gasteiger partial charge in [-0.3, -0.25) is 9.59 Å². The van der Waals surface area contributed by atoms with Gasteiger partial charge in [0.25, 0.3) is 0 Å². The first kappa shape index (κ1) is 18.2. The lowest BCUT2D eigenvalue weighted by molar-refractivity contribution is -0.173. The third-order valence-corrected chi connectivity index (χ3v) is 3.29. The number of carbonyl (C=O) groups excluding carboxylic acids is 2. The predicted octanol–water partition coefficient (Wildman–Crippen LogP) is 3.31. The monoisotopic (exact) mass is 292 g/mol. The van der Waals surface area contributed by atoms with Crippen LogP contribution in [0.2, 0.25) is 0 Å². The zero-order valence-electron chi connectivity index (χ0n) is 12.2. The molecule has 19 heavy (non-hydrogen) atoms. The maximum atomic E-state index is 12.2. The summed E-state index contributed by atoms with van der Waals surface area (Å²) in [4.78, 5) is 24.5. The molecular weight excluding hydrogens is 268 g/mol. The van der Waals surface area contributed by atoms with Crippen molar-refractivity contribution in [1.29, 1.82) is 0 Å². The molecule has 0 unspecified atom stereocenters. The van der Waals surface area contributed by atoms with Gasteiger partial charge < -0.3 is 9.47 Å². The van der Waals surface area contributed by atoms with Gasteiger partial charge in [-0.15, -0.1) is 11.6 Å². The fourth-order valence-corrected chi connectivity index (χ4v) is 2.14. The first-order valence-corrected chi connectivity index (χ1v) is 7.52. The minimum Gasteiger partial charge on any atom is -0.465 e. The highest BCUT2D eigenvalue weighted by atomic mass is 35.5. The molecule has 112 valence electrons. The molecule has 0 aromatic rings. The van der Waals surface area contributed by atoms with Gasteiger partial charge in [-0.05, 0) is 33.1 Å². The molecule has 0 spiro atoms. The highest BCUT2D eigenvalue weighted by Crippen LogP contribution is 2.34. The van der Waals surface area contributed by atoms with Crippen LogP contribution in [0.25, 0.3) is 0 Å². The number of unbranched alkanes of at least 4 members (excludes halogenated alkanes) is 1. The summed E-state index contributed by atoms with van der Waals surface area (Å²) in [5.41, 5.74) is -1.18. The highest BCUT2D eigenvalue weighted by Gasteiger charge is 2.47. The van der Waals surface area contributed by atoms with E-state index >= 15 is 0 Å². The molecule has 0 radical (unpaired) electrons. The predicted molar refractivity (Wildman–Crippen MR) is 75.2 cm³/mol. The number of rotatable bonds is 10. The molecule has 0 aromatic heterocycles. The Morgan fingerprint density at radius 3 is 1.79 bits per heavy atom. The lowest BCUT2D eigenvalue weighted by Gasteiger charge is -2.28. The Balaban J connectivity index is 5.16. The summed E-state index contributed by atoms with van der Waals surface area (Å²) in [5.74, 6) is -0.550. The van der Waals surface area contributed by atoms with E-state index < -0.39 is 17.4 Å². The van der Waals surface area contributed by atoms with E-state index in [4.69, 9.17) is 21.1 Å². The van der Waals surface area contributed by atoms with Gasteiger partial charge in [0.15, 0.2) is 5.41 Å². The number of hydrogen-bond donors (Lipinski definition) is 0. The Morgan fingerprint density at radius 1 is 0.947 bits per heavy atom. The molecule has 0 rings (SSSR count). The van der Waals surface area contributed by atoms with E-state index in [1.807, 2.05) is 6.92 Å². The van der Waals surface area contributed by atoms with Crippen molar-refractivity contribution in [2.75, 3.05) is 19.1 Å². The number of halogens is 1. The lowest BCUT2D eigenvalue weighted by atomic mass is 9.78. The minimum atomic E-state index is -1.18. The summed E-state index contributed by atoms with van der Waals surface area (Å²) < 4.78 is 10.2. The van der Waals surface area contributed by atoms with Crippen molar-refractivity contribution >= 4 is 23.5 Å². The standard InChI is InChI=1S/C14H25ClO4/c1-4-7-9-14(10-8-11-15,12(16)18-5-2)13(17)19-6-3/h4-11H2,1-3H3. The van der Waals surface area contributed by atoms with E-state index in [2.05, 4.69) is 0 Å². The Labute approximate surface area is 120 Å². The van der Waals surface area contributed by atoms with Gasteiger partial charge in [-0.25, -0.2) is 0 Å². The molecule has 0 fully saturated rings. The van der Waals surface area contributed by atoms with Crippen LogP contribution in [0.4, 0.5) is 0 Å². The fraction of sp³-hybridized carbons (Fsp3) is 0.857. The van der Waals surface area contributed by atoms with Crippen LogP contribution in [0.1, 0.15) is 52.9 Å². The maximum Gasteiger partial charge on any atom is 0.323 e. The SMILES string of the molecule is CCCCC(CCCCl)(C(=O)OCC)C(=O)OCC. The maximum absolute atomic E-state index is 12.2. The van der Waals surface area contributed by atoms with Crippen molar-refractivity contribution < 1.29 is 19.1 Å². The molecule has 0 saturated carbocycles. The molecular formula is C14H25ClO4. The van der Waals surface area contributed by atoms with Crippen molar-refractivity contribution in [3.63, 3.8) is 0 Å². The van der Waals surface area contributed by atoms with Gasteiger partial charge >= 0.3 is 11.9 Å². The molecule has 0 aliphatic rings. The third kappa shape index (κ3) is 5.39. The number of ether oxygens (including phenoxy) is 2.